The zero-order chi connectivity index (χ0) is 22.1. The molecule has 0 atom stereocenters. The molecule has 9 heteroatoms. The molecule has 3 heterocycles. The molecule has 0 aliphatic rings. The van der Waals surface area contributed by atoms with E-state index in [1.54, 1.807) is 13.8 Å². The molecule has 0 amide bonds. The molecule has 0 fully saturated rings. The van der Waals surface area contributed by atoms with E-state index in [9.17, 15) is 0 Å². The van der Waals surface area contributed by atoms with Gasteiger partial charge in [0.1, 0.15) is 19.6 Å². The molecule has 0 radical (unpaired) electrons. The first-order chi connectivity index (χ1) is 14.2. The van der Waals surface area contributed by atoms with Gasteiger partial charge in [-0.1, -0.05) is 0 Å². The number of anilines is 2. The Kier molecular flexibility index (Phi) is 8.01. The number of halogens is 1. The van der Waals surface area contributed by atoms with Gasteiger partial charge < -0.3 is 10.6 Å². The summed E-state index contributed by atoms with van der Waals surface area (Å²) in [5.74, 6) is 0.668. The maximum Gasteiger partial charge on any atom is 0.230 e. The fourth-order valence-electron chi connectivity index (χ4n) is 2.34. The van der Waals surface area contributed by atoms with Crippen LogP contribution in [0.3, 0.4) is 0 Å². The predicted molar refractivity (Wildman–Crippen MR) is 117 cm³/mol. The van der Waals surface area contributed by atoms with E-state index in [4.69, 9.17) is 16.9 Å². The van der Waals surface area contributed by atoms with Crippen molar-refractivity contribution in [3.63, 3.8) is 0 Å². The number of pyridine rings is 2. The second-order valence-corrected chi connectivity index (χ2v) is 7.49. The van der Waals surface area contributed by atoms with Gasteiger partial charge in [-0.25, -0.2) is 9.13 Å². The van der Waals surface area contributed by atoms with Crippen molar-refractivity contribution >= 4 is 23.5 Å². The monoisotopic (exact) mass is 426 g/mol. The average Bonchev–Trinajstić information content (AvgIpc) is 2.69. The van der Waals surface area contributed by atoms with Crippen molar-refractivity contribution in [1.29, 1.82) is 5.26 Å². The van der Waals surface area contributed by atoms with Crippen molar-refractivity contribution in [2.75, 3.05) is 17.2 Å². The molecule has 0 spiro atoms. The van der Waals surface area contributed by atoms with E-state index >= 15 is 0 Å². The smallest absolute Gasteiger partial charge is 0.230 e. The van der Waals surface area contributed by atoms with E-state index in [1.807, 2.05) is 30.2 Å². The standard InChI is InChI=1S/C12H14N2.C9H13ClN6/c1-13-7-3-11(4-8-13)12-5-9-14(2)10-6-12;1-4-12-7-13-6(10)14-8(15-7)16-9(2,3)5-11/h3-10H,1-2H3;4H2,1-3H3,(H2,12,13,14,15,16)/q+2;. The van der Waals surface area contributed by atoms with Crippen LogP contribution in [0.25, 0.3) is 11.1 Å². The van der Waals surface area contributed by atoms with Gasteiger partial charge in [0.15, 0.2) is 24.8 Å². The Morgan fingerprint density at radius 2 is 1.40 bits per heavy atom. The van der Waals surface area contributed by atoms with E-state index in [0.29, 0.717) is 12.5 Å². The Morgan fingerprint density at radius 3 is 1.83 bits per heavy atom. The minimum absolute atomic E-state index is 0.0854. The lowest BCUT2D eigenvalue weighted by molar-refractivity contribution is -0.671. The summed E-state index contributed by atoms with van der Waals surface area (Å²) in [4.78, 5) is 11.9. The minimum Gasteiger partial charge on any atom is -0.354 e. The third-order valence-electron chi connectivity index (χ3n) is 3.94. The van der Waals surface area contributed by atoms with Gasteiger partial charge in [-0.15, -0.1) is 0 Å². The maximum atomic E-state index is 8.87. The average molecular weight is 427 g/mol. The molecule has 0 unspecified atom stereocenters. The van der Waals surface area contributed by atoms with Crippen LogP contribution in [0, 0.1) is 11.3 Å². The van der Waals surface area contributed by atoms with E-state index < -0.39 is 5.54 Å². The molecular formula is C21H27ClN8+2. The Morgan fingerprint density at radius 1 is 0.933 bits per heavy atom. The number of nitrogens with zero attached hydrogens (tertiary/aromatic N) is 6. The van der Waals surface area contributed by atoms with Crippen LogP contribution in [-0.2, 0) is 14.1 Å². The van der Waals surface area contributed by atoms with Crippen molar-refractivity contribution in [1.82, 2.24) is 15.0 Å². The van der Waals surface area contributed by atoms with Gasteiger partial charge in [0, 0.05) is 30.8 Å². The summed E-state index contributed by atoms with van der Waals surface area (Å²) in [6.45, 7) is 6.04. The highest BCUT2D eigenvalue weighted by Gasteiger charge is 2.18. The van der Waals surface area contributed by atoms with Crippen LogP contribution >= 0.6 is 11.6 Å². The molecule has 0 aromatic carbocycles. The first-order valence-corrected chi connectivity index (χ1v) is 9.86. The number of aryl methyl sites for hydroxylation is 2. The lowest BCUT2D eigenvalue weighted by Crippen LogP contribution is -2.29. The lowest BCUT2D eigenvalue weighted by atomic mass is 10.1. The van der Waals surface area contributed by atoms with Gasteiger partial charge in [0.2, 0.25) is 17.2 Å². The van der Waals surface area contributed by atoms with E-state index in [1.165, 1.54) is 11.1 Å². The summed E-state index contributed by atoms with van der Waals surface area (Å²) in [5.41, 5.74) is 1.75. The van der Waals surface area contributed by atoms with Crippen LogP contribution in [0.2, 0.25) is 5.28 Å². The summed E-state index contributed by atoms with van der Waals surface area (Å²) in [6, 6.07) is 10.6. The molecule has 2 N–H and O–H groups in total. The summed E-state index contributed by atoms with van der Waals surface area (Å²) in [7, 11) is 4.05. The second-order valence-electron chi connectivity index (χ2n) is 7.15. The molecular weight excluding hydrogens is 400 g/mol. The van der Waals surface area contributed by atoms with E-state index in [-0.39, 0.29) is 11.2 Å². The summed E-state index contributed by atoms with van der Waals surface area (Å²) < 4.78 is 4.07. The topological polar surface area (TPSA) is 94.3 Å². The van der Waals surface area contributed by atoms with Crippen LogP contribution in [0.1, 0.15) is 20.8 Å². The number of hydrogen-bond acceptors (Lipinski definition) is 6. The van der Waals surface area contributed by atoms with E-state index in [2.05, 4.69) is 80.7 Å². The van der Waals surface area contributed by atoms with Gasteiger partial charge in [-0.2, -0.15) is 20.2 Å². The fraction of sp³-hybridized carbons (Fsp3) is 0.333. The third-order valence-corrected chi connectivity index (χ3v) is 4.11. The molecule has 3 rings (SSSR count). The molecule has 0 aliphatic heterocycles. The number of rotatable bonds is 5. The second kappa shape index (κ2) is 10.5. The molecule has 0 saturated carbocycles. The first-order valence-electron chi connectivity index (χ1n) is 9.48. The van der Waals surface area contributed by atoms with Gasteiger partial charge in [-0.05, 0) is 43.5 Å². The molecule has 0 aliphatic carbocycles. The normalized spacial score (nSPS) is 10.4. The van der Waals surface area contributed by atoms with Crippen LogP contribution in [0.5, 0.6) is 0 Å². The molecule has 3 aromatic heterocycles. The first kappa shape index (κ1) is 23.0. The van der Waals surface area contributed by atoms with E-state index in [0.717, 1.165) is 0 Å². The molecule has 8 nitrogen and oxygen atoms in total. The van der Waals surface area contributed by atoms with Crippen LogP contribution < -0.4 is 19.8 Å². The summed E-state index contributed by atoms with van der Waals surface area (Å²) >= 11 is 5.73. The predicted octanol–water partition coefficient (Wildman–Crippen LogP) is 2.67. The van der Waals surface area contributed by atoms with Crippen molar-refractivity contribution in [3.8, 4) is 17.2 Å². The number of aromatic nitrogens is 5. The highest BCUT2D eigenvalue weighted by Crippen LogP contribution is 2.15. The Bertz CT molecular complexity index is 952. The highest BCUT2D eigenvalue weighted by atomic mass is 35.5. The quantitative estimate of drug-likeness (QED) is 0.609. The van der Waals surface area contributed by atoms with Gasteiger partial charge in [0.05, 0.1) is 6.07 Å². The van der Waals surface area contributed by atoms with Gasteiger partial charge in [0.25, 0.3) is 0 Å². The number of hydrogen-bond donors (Lipinski definition) is 2. The van der Waals surface area contributed by atoms with Gasteiger partial charge in [-0.3, -0.25) is 0 Å². The van der Waals surface area contributed by atoms with Crippen molar-refractivity contribution in [2.45, 2.75) is 26.3 Å². The maximum absolute atomic E-state index is 8.87. The van der Waals surface area contributed by atoms with Gasteiger partial charge >= 0.3 is 0 Å². The SMILES string of the molecule is CCNc1nc(Cl)nc(NC(C)(C)C#N)n1.C[n+]1ccc(-c2cc[n+](C)cc2)cc1. The molecule has 0 saturated heterocycles. The van der Waals surface area contributed by atoms with Crippen molar-refractivity contribution < 1.29 is 9.13 Å². The van der Waals surface area contributed by atoms with Crippen LogP contribution in [0.4, 0.5) is 11.9 Å². The van der Waals surface area contributed by atoms with Crippen LogP contribution in [-0.4, -0.2) is 27.0 Å². The number of nitriles is 1. The van der Waals surface area contributed by atoms with Crippen molar-refractivity contribution in [2.24, 2.45) is 14.1 Å². The minimum atomic E-state index is -0.756. The number of nitrogens with one attached hydrogen (secondary N) is 2. The Hall–Kier alpha value is -3.31. The Labute approximate surface area is 182 Å². The summed E-state index contributed by atoms with van der Waals surface area (Å²) in [6.07, 6.45) is 8.23. The molecule has 156 valence electrons. The highest BCUT2D eigenvalue weighted by molar-refractivity contribution is 6.28. The Balaban J connectivity index is 0.000000215. The molecule has 0 bridgehead atoms. The van der Waals surface area contributed by atoms with Crippen molar-refractivity contribution in [3.05, 3.63) is 54.3 Å². The zero-order valence-corrected chi connectivity index (χ0v) is 18.6. The lowest BCUT2D eigenvalue weighted by Gasteiger charge is -2.17. The van der Waals surface area contributed by atoms with Crippen LogP contribution in [0.15, 0.2) is 49.1 Å². The third kappa shape index (κ3) is 7.26. The molecule has 3 aromatic rings. The summed E-state index contributed by atoms with van der Waals surface area (Å²) in [5, 5.41) is 14.7. The fourth-order valence-corrected chi connectivity index (χ4v) is 2.50. The largest absolute Gasteiger partial charge is 0.354 e. The zero-order valence-electron chi connectivity index (χ0n) is 17.9. The molecule has 30 heavy (non-hydrogen) atoms.